The second kappa shape index (κ2) is 6.36. The Morgan fingerprint density at radius 2 is 1.96 bits per heavy atom. The van der Waals surface area contributed by atoms with Crippen molar-refractivity contribution in [1.29, 1.82) is 0 Å². The highest BCUT2D eigenvalue weighted by Gasteiger charge is 2.13. The van der Waals surface area contributed by atoms with Crippen LogP contribution in [0.15, 0.2) is 39.0 Å². The number of nitrogens with zero attached hydrogens (tertiary/aromatic N) is 2. The summed E-state index contributed by atoms with van der Waals surface area (Å²) < 4.78 is 6.01. The van der Waals surface area contributed by atoms with Crippen LogP contribution < -0.4 is 16.0 Å². The van der Waals surface area contributed by atoms with Gasteiger partial charge in [-0.1, -0.05) is 11.8 Å². The van der Waals surface area contributed by atoms with Gasteiger partial charge >= 0.3 is 5.69 Å². The van der Waals surface area contributed by atoms with Crippen LogP contribution in [0.2, 0.25) is 0 Å². The van der Waals surface area contributed by atoms with Crippen LogP contribution in [0.25, 0.3) is 11.2 Å². The number of aromatic amines is 2. The van der Waals surface area contributed by atoms with E-state index in [1.807, 2.05) is 0 Å². The van der Waals surface area contributed by atoms with Crippen LogP contribution in [0, 0.1) is 0 Å². The highest BCUT2D eigenvalue weighted by atomic mass is 32.2. The van der Waals surface area contributed by atoms with E-state index in [-0.39, 0.29) is 22.7 Å². The fraction of sp³-hybridized carbons (Fsp3) is 0.200. The molecule has 2 heterocycles. The normalized spacial score (nSPS) is 10.9. The second-order valence-electron chi connectivity index (χ2n) is 5.00. The lowest BCUT2D eigenvalue weighted by molar-refractivity contribution is 0.102. The van der Waals surface area contributed by atoms with Crippen LogP contribution >= 0.6 is 11.8 Å². The summed E-state index contributed by atoms with van der Waals surface area (Å²) in [7, 11) is 2.93. The molecule has 2 aromatic heterocycles. The largest absolute Gasteiger partial charge is 0.497 e. The standard InChI is InChI=1S/C15H14N4O4S/c1-19-13(21)11-12(18-15(19)22)17-14(16-11)24-7-10(20)8-3-5-9(23-2)6-4-8/h3-6H,7H2,1-2H3,(H,16,17)(H,18,22). The minimum atomic E-state index is -0.537. The van der Waals surface area contributed by atoms with Crippen molar-refractivity contribution in [1.82, 2.24) is 19.5 Å². The quantitative estimate of drug-likeness (QED) is 0.525. The SMILES string of the molecule is COc1ccc(C(=O)CSc2nc3[nH]c(=O)n(C)c(=O)c3[nH]2)cc1. The van der Waals surface area contributed by atoms with E-state index in [0.717, 1.165) is 16.3 Å². The number of hydrogen-bond acceptors (Lipinski definition) is 6. The van der Waals surface area contributed by atoms with Crippen LogP contribution in [0.1, 0.15) is 10.4 Å². The Bertz CT molecular complexity index is 1020. The molecule has 3 rings (SSSR count). The van der Waals surface area contributed by atoms with Crippen molar-refractivity contribution in [3.63, 3.8) is 0 Å². The Kier molecular flexibility index (Phi) is 4.26. The van der Waals surface area contributed by atoms with E-state index < -0.39 is 11.2 Å². The fourth-order valence-electron chi connectivity index (χ4n) is 2.10. The van der Waals surface area contributed by atoms with Crippen molar-refractivity contribution in [2.45, 2.75) is 5.16 Å². The summed E-state index contributed by atoms with van der Waals surface area (Å²) in [5, 5.41) is 0.394. The molecule has 0 radical (unpaired) electrons. The number of ether oxygens (including phenoxy) is 1. The van der Waals surface area contributed by atoms with Gasteiger partial charge in [0, 0.05) is 12.6 Å². The third-order valence-electron chi connectivity index (χ3n) is 3.48. The number of carbonyl (C=O) groups excluding carboxylic acids is 1. The first-order valence-electron chi connectivity index (χ1n) is 6.98. The van der Waals surface area contributed by atoms with E-state index >= 15 is 0 Å². The number of H-pyrrole nitrogens is 2. The number of ketones is 1. The molecule has 0 amide bonds. The third kappa shape index (κ3) is 2.98. The number of rotatable bonds is 5. The number of methoxy groups -OCH3 is 1. The van der Waals surface area contributed by atoms with Crippen LogP contribution in [0.3, 0.4) is 0 Å². The van der Waals surface area contributed by atoms with E-state index in [9.17, 15) is 14.4 Å². The number of Topliss-reactive ketones (excluding diaryl/α,β-unsaturated/α-hetero) is 1. The molecule has 2 N–H and O–H groups in total. The van der Waals surface area contributed by atoms with Gasteiger partial charge in [0.15, 0.2) is 22.1 Å². The smallest absolute Gasteiger partial charge is 0.329 e. The van der Waals surface area contributed by atoms with Gasteiger partial charge in [-0.3, -0.25) is 19.1 Å². The molecule has 0 saturated carbocycles. The first-order chi connectivity index (χ1) is 11.5. The van der Waals surface area contributed by atoms with E-state index in [2.05, 4.69) is 15.0 Å². The molecule has 0 aliphatic carbocycles. The van der Waals surface area contributed by atoms with Gasteiger partial charge in [-0.05, 0) is 24.3 Å². The van der Waals surface area contributed by atoms with Crippen molar-refractivity contribution in [2.24, 2.45) is 7.05 Å². The number of nitrogens with one attached hydrogen (secondary N) is 2. The number of fused-ring (bicyclic) bond motifs is 1. The van der Waals surface area contributed by atoms with Gasteiger partial charge < -0.3 is 9.72 Å². The zero-order valence-electron chi connectivity index (χ0n) is 13.0. The number of benzene rings is 1. The predicted molar refractivity (Wildman–Crippen MR) is 90.0 cm³/mol. The molecular weight excluding hydrogens is 332 g/mol. The zero-order chi connectivity index (χ0) is 17.3. The fourth-order valence-corrected chi connectivity index (χ4v) is 2.87. The summed E-state index contributed by atoms with van der Waals surface area (Å²) in [5.41, 5.74) is -0.0536. The number of carbonyl (C=O) groups is 1. The van der Waals surface area contributed by atoms with Gasteiger partial charge in [-0.2, -0.15) is 0 Å². The zero-order valence-corrected chi connectivity index (χ0v) is 13.8. The average molecular weight is 346 g/mol. The Morgan fingerprint density at radius 1 is 1.25 bits per heavy atom. The minimum Gasteiger partial charge on any atom is -0.497 e. The number of thioether (sulfide) groups is 1. The molecule has 1 aromatic carbocycles. The lowest BCUT2D eigenvalue weighted by Crippen LogP contribution is -2.32. The summed E-state index contributed by atoms with van der Waals surface area (Å²) in [4.78, 5) is 45.2. The first-order valence-corrected chi connectivity index (χ1v) is 7.97. The Morgan fingerprint density at radius 3 is 2.62 bits per heavy atom. The Labute approximate surface area is 139 Å². The summed E-state index contributed by atoms with van der Waals surface area (Å²) in [6, 6.07) is 6.81. The van der Waals surface area contributed by atoms with Gasteiger partial charge in [0.1, 0.15) is 5.75 Å². The van der Waals surface area contributed by atoms with E-state index in [1.54, 1.807) is 31.4 Å². The number of aromatic nitrogens is 4. The molecule has 0 fully saturated rings. The molecule has 0 aliphatic rings. The monoisotopic (exact) mass is 346 g/mol. The minimum absolute atomic E-state index is 0.0792. The highest BCUT2D eigenvalue weighted by molar-refractivity contribution is 7.99. The van der Waals surface area contributed by atoms with Crippen LogP contribution in [0.5, 0.6) is 5.75 Å². The van der Waals surface area contributed by atoms with Crippen LogP contribution in [-0.4, -0.2) is 38.2 Å². The van der Waals surface area contributed by atoms with Gasteiger partial charge in [0.05, 0.1) is 12.9 Å². The molecule has 0 spiro atoms. The molecule has 0 saturated heterocycles. The van der Waals surface area contributed by atoms with Crippen molar-refractivity contribution in [3.05, 3.63) is 50.7 Å². The van der Waals surface area contributed by atoms with E-state index in [0.29, 0.717) is 16.5 Å². The van der Waals surface area contributed by atoms with E-state index in [1.165, 1.54) is 7.05 Å². The number of hydrogen-bond donors (Lipinski definition) is 2. The molecule has 8 nitrogen and oxygen atoms in total. The molecule has 124 valence electrons. The van der Waals surface area contributed by atoms with Crippen molar-refractivity contribution < 1.29 is 9.53 Å². The summed E-state index contributed by atoms with van der Waals surface area (Å²) in [6.07, 6.45) is 0. The van der Waals surface area contributed by atoms with Crippen molar-refractivity contribution in [2.75, 3.05) is 12.9 Å². The molecular formula is C15H14N4O4S. The van der Waals surface area contributed by atoms with E-state index in [4.69, 9.17) is 4.74 Å². The average Bonchev–Trinajstić information content (AvgIpc) is 3.00. The molecule has 3 aromatic rings. The number of imidazole rings is 1. The third-order valence-corrected chi connectivity index (χ3v) is 4.36. The maximum absolute atomic E-state index is 12.2. The topological polar surface area (TPSA) is 110 Å². The molecule has 0 unspecified atom stereocenters. The lowest BCUT2D eigenvalue weighted by Gasteiger charge is -2.02. The summed E-state index contributed by atoms with van der Waals surface area (Å²) in [5.74, 6) is 0.747. The Balaban J connectivity index is 1.77. The summed E-state index contributed by atoms with van der Waals surface area (Å²) in [6.45, 7) is 0. The van der Waals surface area contributed by atoms with Gasteiger partial charge in [0.25, 0.3) is 5.56 Å². The van der Waals surface area contributed by atoms with Gasteiger partial charge in [-0.25, -0.2) is 9.78 Å². The lowest BCUT2D eigenvalue weighted by atomic mass is 10.1. The second-order valence-corrected chi connectivity index (χ2v) is 5.96. The first kappa shape index (κ1) is 16.1. The molecule has 0 bridgehead atoms. The molecule has 0 aliphatic heterocycles. The van der Waals surface area contributed by atoms with Crippen molar-refractivity contribution >= 4 is 28.7 Å². The van der Waals surface area contributed by atoms with Gasteiger partial charge in [-0.15, -0.1) is 0 Å². The predicted octanol–water partition coefficient (Wildman–Crippen LogP) is 0.933. The highest BCUT2D eigenvalue weighted by Crippen LogP contribution is 2.18. The van der Waals surface area contributed by atoms with Crippen LogP contribution in [0.4, 0.5) is 0 Å². The van der Waals surface area contributed by atoms with Gasteiger partial charge in [0.2, 0.25) is 0 Å². The van der Waals surface area contributed by atoms with Crippen molar-refractivity contribution in [3.8, 4) is 5.75 Å². The Hall–Kier alpha value is -2.81. The van der Waals surface area contributed by atoms with Crippen LogP contribution in [-0.2, 0) is 7.05 Å². The molecule has 0 atom stereocenters. The summed E-state index contributed by atoms with van der Waals surface area (Å²) >= 11 is 1.16. The maximum atomic E-state index is 12.2. The molecule has 9 heteroatoms. The maximum Gasteiger partial charge on any atom is 0.329 e. The molecule has 24 heavy (non-hydrogen) atoms.